The second-order valence-electron chi connectivity index (χ2n) is 4.98. The Morgan fingerprint density at radius 2 is 2.16 bits per heavy atom. The lowest BCUT2D eigenvalue weighted by atomic mass is 10.1. The van der Waals surface area contributed by atoms with E-state index in [1.54, 1.807) is 6.07 Å². The summed E-state index contributed by atoms with van der Waals surface area (Å²) in [4.78, 5) is 0. The van der Waals surface area contributed by atoms with Crippen LogP contribution in [0.5, 0.6) is 5.75 Å². The van der Waals surface area contributed by atoms with E-state index in [1.807, 2.05) is 6.92 Å². The smallest absolute Gasteiger partial charge is 0.406 e. The molecule has 104 valence electrons. The normalized spacial score (nSPS) is 29.8. The fourth-order valence-corrected chi connectivity index (χ4v) is 2.80. The van der Waals surface area contributed by atoms with Crippen LogP contribution in [0, 0.1) is 0 Å². The van der Waals surface area contributed by atoms with Crippen LogP contribution in [0.25, 0.3) is 0 Å². The van der Waals surface area contributed by atoms with Crippen molar-refractivity contribution in [1.29, 1.82) is 0 Å². The molecule has 3 rings (SSSR count). The highest BCUT2D eigenvalue weighted by molar-refractivity contribution is 5.42. The van der Waals surface area contributed by atoms with Gasteiger partial charge in [0.25, 0.3) is 0 Å². The van der Waals surface area contributed by atoms with Crippen molar-refractivity contribution in [1.82, 2.24) is 5.32 Å². The summed E-state index contributed by atoms with van der Waals surface area (Å²) < 4.78 is 46.3. The van der Waals surface area contributed by atoms with Gasteiger partial charge in [-0.3, -0.25) is 0 Å². The van der Waals surface area contributed by atoms with Crippen molar-refractivity contribution in [2.75, 3.05) is 6.54 Å². The van der Waals surface area contributed by atoms with Gasteiger partial charge in [-0.1, -0.05) is 6.07 Å². The SMILES string of the molecule is CC1CN[C@H]2c3ccc(OC(F)(F)F)cc3C[C@H]2O1. The molecular formula is C13H14F3NO2. The summed E-state index contributed by atoms with van der Waals surface area (Å²) in [5, 5.41) is 3.37. The maximum absolute atomic E-state index is 12.2. The molecule has 1 N–H and O–H groups in total. The van der Waals surface area contributed by atoms with E-state index < -0.39 is 6.36 Å². The van der Waals surface area contributed by atoms with Gasteiger partial charge in [-0.15, -0.1) is 13.2 Å². The molecule has 1 aromatic rings. The van der Waals surface area contributed by atoms with Crippen LogP contribution < -0.4 is 10.1 Å². The number of fused-ring (bicyclic) bond motifs is 3. The topological polar surface area (TPSA) is 30.5 Å². The molecule has 1 heterocycles. The van der Waals surface area contributed by atoms with E-state index in [9.17, 15) is 13.2 Å². The lowest BCUT2D eigenvalue weighted by Crippen LogP contribution is -2.44. The average molecular weight is 273 g/mol. The van der Waals surface area contributed by atoms with Crippen molar-refractivity contribution in [3.8, 4) is 5.75 Å². The molecule has 0 amide bonds. The minimum absolute atomic E-state index is 0.000105. The van der Waals surface area contributed by atoms with Crippen LogP contribution in [0.4, 0.5) is 13.2 Å². The van der Waals surface area contributed by atoms with Gasteiger partial charge in [0.2, 0.25) is 0 Å². The highest BCUT2D eigenvalue weighted by Crippen LogP contribution is 2.38. The van der Waals surface area contributed by atoms with Gasteiger partial charge in [-0.2, -0.15) is 0 Å². The Labute approximate surface area is 108 Å². The Bertz CT molecular complexity index is 489. The predicted octanol–water partition coefficient (Wildman–Crippen LogP) is 2.56. The molecule has 0 spiro atoms. The highest BCUT2D eigenvalue weighted by atomic mass is 19.4. The third-order valence-corrected chi connectivity index (χ3v) is 3.51. The van der Waals surface area contributed by atoms with E-state index >= 15 is 0 Å². The first kappa shape index (κ1) is 12.7. The average Bonchev–Trinajstić information content (AvgIpc) is 2.62. The zero-order chi connectivity index (χ0) is 13.6. The van der Waals surface area contributed by atoms with Crippen molar-refractivity contribution >= 4 is 0 Å². The number of hydrogen-bond donors (Lipinski definition) is 1. The van der Waals surface area contributed by atoms with E-state index in [1.165, 1.54) is 12.1 Å². The third-order valence-electron chi connectivity index (χ3n) is 3.51. The van der Waals surface area contributed by atoms with Gasteiger partial charge in [0.1, 0.15) is 5.75 Å². The zero-order valence-corrected chi connectivity index (χ0v) is 10.3. The Hall–Kier alpha value is -1.27. The molecule has 3 atom stereocenters. The summed E-state index contributed by atoms with van der Waals surface area (Å²) >= 11 is 0. The van der Waals surface area contributed by atoms with Gasteiger partial charge in [0.05, 0.1) is 18.2 Å². The molecule has 1 aliphatic carbocycles. The number of hydrogen-bond acceptors (Lipinski definition) is 3. The first-order valence-electron chi connectivity index (χ1n) is 6.20. The molecule has 6 heteroatoms. The molecule has 2 aliphatic rings. The minimum atomic E-state index is -4.65. The molecule has 0 radical (unpaired) electrons. The van der Waals surface area contributed by atoms with E-state index in [-0.39, 0.29) is 24.0 Å². The monoisotopic (exact) mass is 273 g/mol. The summed E-state index contributed by atoms with van der Waals surface area (Å²) in [6, 6.07) is 4.57. The second-order valence-corrected chi connectivity index (χ2v) is 4.98. The van der Waals surface area contributed by atoms with Crippen LogP contribution >= 0.6 is 0 Å². The third kappa shape index (κ3) is 2.55. The van der Waals surface area contributed by atoms with Crippen LogP contribution in [0.1, 0.15) is 24.1 Å². The molecule has 1 aliphatic heterocycles. The van der Waals surface area contributed by atoms with Crippen LogP contribution in [0.3, 0.4) is 0 Å². The Kier molecular flexibility index (Phi) is 2.94. The van der Waals surface area contributed by atoms with Crippen molar-refractivity contribution in [2.24, 2.45) is 0 Å². The summed E-state index contributed by atoms with van der Waals surface area (Å²) in [6.45, 7) is 2.73. The van der Waals surface area contributed by atoms with Crippen LogP contribution in [-0.4, -0.2) is 25.1 Å². The van der Waals surface area contributed by atoms with E-state index in [0.29, 0.717) is 6.42 Å². The van der Waals surface area contributed by atoms with Gasteiger partial charge >= 0.3 is 6.36 Å². The van der Waals surface area contributed by atoms with Crippen LogP contribution in [0.2, 0.25) is 0 Å². The van der Waals surface area contributed by atoms with Crippen LogP contribution in [0.15, 0.2) is 18.2 Å². The first-order chi connectivity index (χ1) is 8.92. The van der Waals surface area contributed by atoms with E-state index in [0.717, 1.165) is 17.7 Å². The molecule has 0 saturated carbocycles. The molecule has 1 fully saturated rings. The summed E-state index contributed by atoms with van der Waals surface area (Å²) in [5.74, 6) is -0.169. The maximum Gasteiger partial charge on any atom is 0.573 e. The van der Waals surface area contributed by atoms with Crippen molar-refractivity contribution in [3.63, 3.8) is 0 Å². The number of morpholine rings is 1. The zero-order valence-electron chi connectivity index (χ0n) is 10.3. The van der Waals surface area contributed by atoms with E-state index in [2.05, 4.69) is 10.1 Å². The Balaban J connectivity index is 1.83. The lowest BCUT2D eigenvalue weighted by molar-refractivity contribution is -0.274. The summed E-state index contributed by atoms with van der Waals surface area (Å²) in [6.07, 6.45) is -3.91. The second kappa shape index (κ2) is 4.38. The molecule has 3 nitrogen and oxygen atoms in total. The number of ether oxygens (including phenoxy) is 2. The standard InChI is InChI=1S/C13H14F3NO2/c1-7-6-17-12-10-3-2-9(19-13(14,15)16)4-8(10)5-11(12)18-7/h2-4,7,11-12,17H,5-6H2,1H3/t7?,11-,12+/m1/s1. The number of benzene rings is 1. The molecule has 0 bridgehead atoms. The van der Waals surface area contributed by atoms with Gasteiger partial charge < -0.3 is 14.8 Å². The largest absolute Gasteiger partial charge is 0.573 e. The first-order valence-corrected chi connectivity index (χ1v) is 6.20. The number of rotatable bonds is 1. The van der Waals surface area contributed by atoms with E-state index in [4.69, 9.17) is 4.74 Å². The van der Waals surface area contributed by atoms with Gasteiger partial charge in [-0.25, -0.2) is 0 Å². The fourth-order valence-electron chi connectivity index (χ4n) is 2.80. The molecule has 19 heavy (non-hydrogen) atoms. The number of nitrogens with one attached hydrogen (secondary N) is 1. The summed E-state index contributed by atoms with van der Waals surface area (Å²) in [7, 11) is 0. The molecular weight excluding hydrogens is 259 g/mol. The molecule has 1 aromatic carbocycles. The lowest BCUT2D eigenvalue weighted by Gasteiger charge is -2.32. The summed E-state index contributed by atoms with van der Waals surface area (Å²) in [5.41, 5.74) is 1.87. The van der Waals surface area contributed by atoms with Crippen LogP contribution in [-0.2, 0) is 11.2 Å². The molecule has 0 aromatic heterocycles. The Morgan fingerprint density at radius 3 is 2.89 bits per heavy atom. The molecule has 1 saturated heterocycles. The van der Waals surface area contributed by atoms with Gasteiger partial charge in [-0.05, 0) is 30.2 Å². The maximum atomic E-state index is 12.2. The number of alkyl halides is 3. The quantitative estimate of drug-likeness (QED) is 0.853. The van der Waals surface area contributed by atoms with Crippen molar-refractivity contribution in [2.45, 2.75) is 38.0 Å². The predicted molar refractivity (Wildman–Crippen MR) is 61.9 cm³/mol. The minimum Gasteiger partial charge on any atom is -0.406 e. The van der Waals surface area contributed by atoms with Crippen molar-refractivity contribution < 1.29 is 22.6 Å². The number of halogens is 3. The highest BCUT2D eigenvalue weighted by Gasteiger charge is 2.38. The molecule has 1 unspecified atom stereocenters. The van der Waals surface area contributed by atoms with Gasteiger partial charge in [0.15, 0.2) is 0 Å². The van der Waals surface area contributed by atoms with Gasteiger partial charge in [0, 0.05) is 13.0 Å². The Morgan fingerprint density at radius 1 is 1.37 bits per heavy atom. The van der Waals surface area contributed by atoms with Crippen molar-refractivity contribution in [3.05, 3.63) is 29.3 Å². The fraction of sp³-hybridized carbons (Fsp3) is 0.538.